The molecule has 1 unspecified atom stereocenters. The number of hydrogen-bond donors (Lipinski definition) is 2. The second-order valence-electron chi connectivity index (χ2n) is 3.30. The van der Waals surface area contributed by atoms with Gasteiger partial charge in [0, 0.05) is 25.2 Å². The lowest BCUT2D eigenvalue weighted by molar-refractivity contribution is -0.121. The summed E-state index contributed by atoms with van der Waals surface area (Å²) >= 11 is 1.25. The van der Waals surface area contributed by atoms with Crippen LogP contribution in [-0.4, -0.2) is 41.6 Å². The summed E-state index contributed by atoms with van der Waals surface area (Å²) in [6, 6.07) is -0.329. The molecule has 1 aromatic heterocycles. The zero-order valence-corrected chi connectivity index (χ0v) is 10.4. The van der Waals surface area contributed by atoms with E-state index in [0.29, 0.717) is 24.1 Å². The van der Waals surface area contributed by atoms with E-state index in [2.05, 4.69) is 20.0 Å². The average molecular weight is 244 g/mol. The molecule has 1 amide bonds. The summed E-state index contributed by atoms with van der Waals surface area (Å²) in [4.78, 5) is 15.7. The maximum atomic E-state index is 11.6. The van der Waals surface area contributed by atoms with Gasteiger partial charge in [0.25, 0.3) is 0 Å². The van der Waals surface area contributed by atoms with Gasteiger partial charge in [-0.1, -0.05) is 0 Å². The molecular weight excluding hydrogens is 228 g/mol. The first-order valence-electron chi connectivity index (χ1n) is 4.97. The Morgan fingerprint density at radius 2 is 2.38 bits per heavy atom. The summed E-state index contributed by atoms with van der Waals surface area (Å²) in [5, 5.41) is 6.38. The van der Waals surface area contributed by atoms with Crippen molar-refractivity contribution < 1.29 is 9.53 Å². The zero-order valence-electron chi connectivity index (χ0n) is 9.61. The van der Waals surface area contributed by atoms with Gasteiger partial charge in [-0.2, -0.15) is 4.37 Å². The third kappa shape index (κ3) is 4.11. The number of nitrogens with zero attached hydrogens (tertiary/aromatic N) is 2. The molecule has 90 valence electrons. The fraction of sp³-hybridized carbons (Fsp3) is 0.667. The molecule has 0 saturated carbocycles. The van der Waals surface area contributed by atoms with Crippen LogP contribution >= 0.6 is 11.5 Å². The molecule has 0 aliphatic rings. The number of nitrogens with one attached hydrogen (secondary N) is 2. The summed E-state index contributed by atoms with van der Waals surface area (Å²) in [7, 11) is 1.60. The average Bonchev–Trinajstić information content (AvgIpc) is 2.64. The van der Waals surface area contributed by atoms with Crippen LogP contribution in [0.25, 0.3) is 0 Å². The SMILES string of the molecule is COCCNC(=O)C(C)Nc1nc(C)ns1. The van der Waals surface area contributed by atoms with E-state index in [-0.39, 0.29) is 11.9 Å². The molecule has 2 N–H and O–H groups in total. The van der Waals surface area contributed by atoms with Gasteiger partial charge in [0.1, 0.15) is 11.9 Å². The summed E-state index contributed by atoms with van der Waals surface area (Å²) in [6.45, 7) is 4.61. The predicted octanol–water partition coefficient (Wildman–Crippen LogP) is 0.410. The largest absolute Gasteiger partial charge is 0.383 e. The van der Waals surface area contributed by atoms with E-state index in [9.17, 15) is 4.79 Å². The number of aryl methyl sites for hydroxylation is 1. The van der Waals surface area contributed by atoms with E-state index in [4.69, 9.17) is 4.74 Å². The molecule has 1 aromatic rings. The van der Waals surface area contributed by atoms with E-state index < -0.39 is 0 Å². The zero-order chi connectivity index (χ0) is 12.0. The first-order valence-corrected chi connectivity index (χ1v) is 5.74. The van der Waals surface area contributed by atoms with Gasteiger partial charge in [0.2, 0.25) is 11.0 Å². The molecule has 16 heavy (non-hydrogen) atoms. The second kappa shape index (κ2) is 6.39. The predicted molar refractivity (Wildman–Crippen MR) is 62.6 cm³/mol. The number of carbonyl (C=O) groups is 1. The second-order valence-corrected chi connectivity index (χ2v) is 4.05. The van der Waals surface area contributed by atoms with E-state index in [1.807, 2.05) is 6.92 Å². The maximum Gasteiger partial charge on any atom is 0.242 e. The Morgan fingerprint density at radius 3 is 2.94 bits per heavy atom. The van der Waals surface area contributed by atoms with Crippen LogP contribution in [0.1, 0.15) is 12.7 Å². The van der Waals surface area contributed by atoms with Crippen molar-refractivity contribution in [3.8, 4) is 0 Å². The van der Waals surface area contributed by atoms with Crippen molar-refractivity contribution in [3.05, 3.63) is 5.82 Å². The van der Waals surface area contributed by atoms with Crippen LogP contribution in [0.4, 0.5) is 5.13 Å². The number of anilines is 1. The van der Waals surface area contributed by atoms with E-state index in [1.54, 1.807) is 14.0 Å². The van der Waals surface area contributed by atoms with Gasteiger partial charge in [-0.05, 0) is 13.8 Å². The van der Waals surface area contributed by atoms with Crippen molar-refractivity contribution in [2.75, 3.05) is 25.6 Å². The smallest absolute Gasteiger partial charge is 0.242 e. The van der Waals surface area contributed by atoms with Crippen LogP contribution in [0.15, 0.2) is 0 Å². The van der Waals surface area contributed by atoms with Crippen LogP contribution in [0.2, 0.25) is 0 Å². The minimum absolute atomic E-state index is 0.0788. The van der Waals surface area contributed by atoms with Gasteiger partial charge in [-0.3, -0.25) is 4.79 Å². The highest BCUT2D eigenvalue weighted by Gasteiger charge is 2.13. The lowest BCUT2D eigenvalue weighted by atomic mass is 10.3. The molecule has 0 aliphatic carbocycles. The summed E-state index contributed by atoms with van der Waals surface area (Å²) < 4.78 is 8.86. The molecule has 6 nitrogen and oxygen atoms in total. The molecule has 0 aromatic carbocycles. The summed E-state index contributed by atoms with van der Waals surface area (Å²) in [5.74, 6) is 0.629. The highest BCUT2D eigenvalue weighted by Crippen LogP contribution is 2.11. The number of amides is 1. The first-order chi connectivity index (χ1) is 7.63. The molecule has 0 radical (unpaired) electrons. The van der Waals surface area contributed by atoms with Gasteiger partial charge in [0.05, 0.1) is 6.61 Å². The Hall–Kier alpha value is -1.21. The molecule has 0 bridgehead atoms. The first kappa shape index (κ1) is 12.9. The molecule has 0 spiro atoms. The van der Waals surface area contributed by atoms with E-state index in [0.717, 1.165) is 0 Å². The molecule has 1 atom stereocenters. The molecule has 1 rings (SSSR count). The lowest BCUT2D eigenvalue weighted by Crippen LogP contribution is -2.39. The van der Waals surface area contributed by atoms with Crippen LogP contribution in [0.5, 0.6) is 0 Å². The Labute approximate surface area is 98.6 Å². The van der Waals surface area contributed by atoms with Gasteiger partial charge >= 0.3 is 0 Å². The van der Waals surface area contributed by atoms with Crippen molar-refractivity contribution in [2.45, 2.75) is 19.9 Å². The monoisotopic (exact) mass is 244 g/mol. The summed E-state index contributed by atoms with van der Waals surface area (Å²) in [5.41, 5.74) is 0. The van der Waals surface area contributed by atoms with Crippen molar-refractivity contribution in [3.63, 3.8) is 0 Å². The van der Waals surface area contributed by atoms with Crippen LogP contribution in [0, 0.1) is 6.92 Å². The number of methoxy groups -OCH3 is 1. The van der Waals surface area contributed by atoms with Gasteiger partial charge in [-0.25, -0.2) is 4.98 Å². The minimum Gasteiger partial charge on any atom is -0.383 e. The van der Waals surface area contributed by atoms with Crippen LogP contribution in [-0.2, 0) is 9.53 Å². The summed E-state index contributed by atoms with van der Waals surface area (Å²) in [6.07, 6.45) is 0. The van der Waals surface area contributed by atoms with Crippen LogP contribution in [0.3, 0.4) is 0 Å². The third-order valence-corrected chi connectivity index (χ3v) is 2.60. The molecule has 0 fully saturated rings. The molecule has 1 heterocycles. The number of hydrogen-bond acceptors (Lipinski definition) is 6. The Bertz CT molecular complexity index is 342. The fourth-order valence-corrected chi connectivity index (χ4v) is 1.70. The van der Waals surface area contributed by atoms with Gasteiger partial charge in [-0.15, -0.1) is 0 Å². The highest BCUT2D eigenvalue weighted by atomic mass is 32.1. The molecule has 7 heteroatoms. The number of ether oxygens (including phenoxy) is 1. The van der Waals surface area contributed by atoms with Crippen molar-refractivity contribution in [1.29, 1.82) is 0 Å². The van der Waals surface area contributed by atoms with Gasteiger partial charge in [0.15, 0.2) is 0 Å². The third-order valence-electron chi connectivity index (χ3n) is 1.87. The fourth-order valence-electron chi connectivity index (χ4n) is 1.04. The van der Waals surface area contributed by atoms with Crippen molar-refractivity contribution >= 4 is 22.6 Å². The van der Waals surface area contributed by atoms with Crippen molar-refractivity contribution in [1.82, 2.24) is 14.7 Å². The quantitative estimate of drug-likeness (QED) is 0.709. The highest BCUT2D eigenvalue weighted by molar-refractivity contribution is 7.09. The van der Waals surface area contributed by atoms with Crippen LogP contribution < -0.4 is 10.6 Å². The molecule has 0 aliphatic heterocycles. The normalized spacial score (nSPS) is 12.2. The standard InChI is InChI=1S/C9H16N4O2S/c1-6(8(14)10-4-5-15-3)11-9-12-7(2)13-16-9/h6H,4-5H2,1-3H3,(H,10,14)(H,11,12,13). The molecule has 0 saturated heterocycles. The lowest BCUT2D eigenvalue weighted by Gasteiger charge is -2.12. The number of aromatic nitrogens is 2. The van der Waals surface area contributed by atoms with E-state index in [1.165, 1.54) is 11.5 Å². The number of rotatable bonds is 6. The Balaban J connectivity index is 2.34. The number of carbonyl (C=O) groups excluding carboxylic acids is 1. The minimum atomic E-state index is -0.329. The maximum absolute atomic E-state index is 11.6. The topological polar surface area (TPSA) is 76.1 Å². The Kier molecular flexibility index (Phi) is 5.13. The van der Waals surface area contributed by atoms with E-state index >= 15 is 0 Å². The molecular formula is C9H16N4O2S. The van der Waals surface area contributed by atoms with Crippen molar-refractivity contribution in [2.24, 2.45) is 0 Å². The Morgan fingerprint density at radius 1 is 1.62 bits per heavy atom. The van der Waals surface area contributed by atoms with Gasteiger partial charge < -0.3 is 15.4 Å².